The lowest BCUT2D eigenvalue weighted by Crippen LogP contribution is -2.34. The van der Waals surface area contributed by atoms with Gasteiger partial charge in [0.25, 0.3) is 0 Å². The Labute approximate surface area is 95.4 Å². The first-order valence-corrected chi connectivity index (χ1v) is 6.69. The molecule has 0 aliphatic carbocycles. The van der Waals surface area contributed by atoms with Gasteiger partial charge in [0.05, 0.1) is 0 Å². The zero-order chi connectivity index (χ0) is 11.1. The third-order valence-electron chi connectivity index (χ3n) is 3.81. The molecule has 0 spiro atoms. The van der Waals surface area contributed by atoms with E-state index in [-0.39, 0.29) is 0 Å². The van der Waals surface area contributed by atoms with Gasteiger partial charge in [-0.15, -0.1) is 0 Å². The van der Waals surface area contributed by atoms with Crippen molar-refractivity contribution in [3.63, 3.8) is 0 Å². The van der Waals surface area contributed by atoms with Gasteiger partial charge in [-0.3, -0.25) is 0 Å². The molecule has 2 unspecified atom stereocenters. The Hall–Kier alpha value is -0.0800. The van der Waals surface area contributed by atoms with Crippen LogP contribution in [0.3, 0.4) is 0 Å². The van der Waals surface area contributed by atoms with Crippen molar-refractivity contribution in [3.8, 4) is 0 Å². The fourth-order valence-electron chi connectivity index (χ4n) is 2.19. The van der Waals surface area contributed by atoms with Gasteiger partial charge in [-0.2, -0.15) is 0 Å². The van der Waals surface area contributed by atoms with Crippen molar-refractivity contribution >= 4 is 0 Å². The minimum absolute atomic E-state index is 0.675. The summed E-state index contributed by atoms with van der Waals surface area (Å²) < 4.78 is 0. The second-order valence-electron chi connectivity index (χ2n) is 5.03. The van der Waals surface area contributed by atoms with Crippen molar-refractivity contribution in [1.29, 1.82) is 0 Å². The van der Waals surface area contributed by atoms with E-state index in [2.05, 4.69) is 31.0 Å². The molecule has 2 nitrogen and oxygen atoms in total. The first kappa shape index (κ1) is 13.0. The lowest BCUT2D eigenvalue weighted by atomic mass is 10.0. The average Bonchev–Trinajstić information content (AvgIpc) is 2.75. The SMILES string of the molecule is CCC(C)C(C)NCCCN1CCCC1. The van der Waals surface area contributed by atoms with Crippen LogP contribution < -0.4 is 5.32 Å². The summed E-state index contributed by atoms with van der Waals surface area (Å²) in [5, 5.41) is 3.63. The van der Waals surface area contributed by atoms with E-state index in [1.54, 1.807) is 0 Å². The zero-order valence-corrected chi connectivity index (χ0v) is 10.8. The van der Waals surface area contributed by atoms with Gasteiger partial charge in [0.1, 0.15) is 0 Å². The fourth-order valence-corrected chi connectivity index (χ4v) is 2.19. The number of nitrogens with zero attached hydrogens (tertiary/aromatic N) is 1. The fraction of sp³-hybridized carbons (Fsp3) is 1.00. The molecule has 1 N–H and O–H groups in total. The highest BCUT2D eigenvalue weighted by molar-refractivity contribution is 4.69. The Morgan fingerprint density at radius 2 is 1.87 bits per heavy atom. The van der Waals surface area contributed by atoms with Crippen molar-refractivity contribution in [3.05, 3.63) is 0 Å². The van der Waals surface area contributed by atoms with E-state index in [1.165, 1.54) is 51.9 Å². The van der Waals surface area contributed by atoms with Crippen LogP contribution in [0.4, 0.5) is 0 Å². The maximum Gasteiger partial charge on any atom is 0.00642 e. The van der Waals surface area contributed by atoms with E-state index < -0.39 is 0 Å². The van der Waals surface area contributed by atoms with Gasteiger partial charge < -0.3 is 10.2 Å². The van der Waals surface area contributed by atoms with Crippen LogP contribution >= 0.6 is 0 Å². The molecule has 1 aliphatic rings. The van der Waals surface area contributed by atoms with E-state index in [0.29, 0.717) is 6.04 Å². The number of hydrogen-bond acceptors (Lipinski definition) is 2. The van der Waals surface area contributed by atoms with Crippen LogP contribution in [0.5, 0.6) is 0 Å². The third kappa shape index (κ3) is 4.98. The molecular formula is C13H28N2. The second-order valence-corrected chi connectivity index (χ2v) is 5.03. The molecule has 0 saturated carbocycles. The Balaban J connectivity index is 1.96. The Morgan fingerprint density at radius 3 is 2.47 bits per heavy atom. The van der Waals surface area contributed by atoms with Crippen molar-refractivity contribution in [1.82, 2.24) is 10.2 Å². The molecule has 1 saturated heterocycles. The molecule has 1 heterocycles. The molecule has 90 valence electrons. The van der Waals surface area contributed by atoms with E-state index in [1.807, 2.05) is 0 Å². The van der Waals surface area contributed by atoms with E-state index in [0.717, 1.165) is 5.92 Å². The highest BCUT2D eigenvalue weighted by atomic mass is 15.1. The van der Waals surface area contributed by atoms with Crippen LogP contribution in [0.15, 0.2) is 0 Å². The summed E-state index contributed by atoms with van der Waals surface area (Å²) in [5.74, 6) is 0.803. The lowest BCUT2D eigenvalue weighted by molar-refractivity contribution is 0.319. The molecule has 0 aromatic carbocycles. The Bertz CT molecular complexity index is 153. The summed E-state index contributed by atoms with van der Waals surface area (Å²) in [6.45, 7) is 12.1. The van der Waals surface area contributed by atoms with Gasteiger partial charge in [0.2, 0.25) is 0 Å². The lowest BCUT2D eigenvalue weighted by Gasteiger charge is -2.21. The molecule has 0 amide bonds. The van der Waals surface area contributed by atoms with Crippen LogP contribution in [-0.2, 0) is 0 Å². The molecular weight excluding hydrogens is 184 g/mol. The van der Waals surface area contributed by atoms with Gasteiger partial charge in [0, 0.05) is 6.04 Å². The molecule has 0 radical (unpaired) electrons. The molecule has 1 aliphatic heterocycles. The van der Waals surface area contributed by atoms with Crippen LogP contribution in [-0.4, -0.2) is 37.1 Å². The van der Waals surface area contributed by atoms with Crippen LogP contribution in [0.2, 0.25) is 0 Å². The summed E-state index contributed by atoms with van der Waals surface area (Å²) >= 11 is 0. The third-order valence-corrected chi connectivity index (χ3v) is 3.81. The Morgan fingerprint density at radius 1 is 1.20 bits per heavy atom. The summed E-state index contributed by atoms with van der Waals surface area (Å²) in [4.78, 5) is 2.59. The molecule has 2 heteroatoms. The molecule has 15 heavy (non-hydrogen) atoms. The smallest absolute Gasteiger partial charge is 0.00642 e. The molecule has 0 bridgehead atoms. The summed E-state index contributed by atoms with van der Waals surface area (Å²) in [6.07, 6.45) is 5.41. The van der Waals surface area contributed by atoms with Crippen LogP contribution in [0, 0.1) is 5.92 Å². The molecule has 2 atom stereocenters. The van der Waals surface area contributed by atoms with Crippen molar-refractivity contribution < 1.29 is 0 Å². The standard InChI is InChI=1S/C13H28N2/c1-4-12(2)13(3)14-8-7-11-15-9-5-6-10-15/h12-14H,4-11H2,1-3H3. The molecule has 0 aromatic rings. The predicted octanol–water partition coefficient (Wildman–Crippen LogP) is 2.50. The number of nitrogens with one attached hydrogen (secondary N) is 1. The Kier molecular flexibility index (Phi) is 6.26. The monoisotopic (exact) mass is 212 g/mol. The maximum atomic E-state index is 3.63. The van der Waals surface area contributed by atoms with Crippen LogP contribution in [0.1, 0.15) is 46.5 Å². The number of likely N-dealkylation sites (tertiary alicyclic amines) is 1. The second kappa shape index (κ2) is 7.24. The van der Waals surface area contributed by atoms with Gasteiger partial charge >= 0.3 is 0 Å². The summed E-state index contributed by atoms with van der Waals surface area (Å²) in [5.41, 5.74) is 0. The minimum Gasteiger partial charge on any atom is -0.314 e. The quantitative estimate of drug-likeness (QED) is 0.652. The average molecular weight is 212 g/mol. The van der Waals surface area contributed by atoms with Gasteiger partial charge in [-0.05, 0) is 58.3 Å². The largest absolute Gasteiger partial charge is 0.314 e. The number of hydrogen-bond donors (Lipinski definition) is 1. The van der Waals surface area contributed by atoms with Gasteiger partial charge in [-0.1, -0.05) is 20.3 Å². The summed E-state index contributed by atoms with van der Waals surface area (Å²) in [7, 11) is 0. The zero-order valence-electron chi connectivity index (χ0n) is 10.8. The molecule has 1 fully saturated rings. The van der Waals surface area contributed by atoms with Crippen LogP contribution in [0.25, 0.3) is 0 Å². The van der Waals surface area contributed by atoms with Crippen molar-refractivity contribution in [2.45, 2.75) is 52.5 Å². The highest BCUT2D eigenvalue weighted by Gasteiger charge is 2.11. The molecule has 1 rings (SSSR count). The first-order valence-electron chi connectivity index (χ1n) is 6.69. The van der Waals surface area contributed by atoms with Crippen molar-refractivity contribution in [2.24, 2.45) is 5.92 Å². The van der Waals surface area contributed by atoms with Crippen molar-refractivity contribution in [2.75, 3.05) is 26.2 Å². The number of rotatable bonds is 7. The summed E-state index contributed by atoms with van der Waals surface area (Å²) in [6, 6.07) is 0.675. The van der Waals surface area contributed by atoms with E-state index in [9.17, 15) is 0 Å². The predicted molar refractivity (Wildman–Crippen MR) is 67.2 cm³/mol. The topological polar surface area (TPSA) is 15.3 Å². The normalized spacial score (nSPS) is 21.8. The van der Waals surface area contributed by atoms with E-state index >= 15 is 0 Å². The minimum atomic E-state index is 0.675. The maximum absolute atomic E-state index is 3.63. The molecule has 0 aromatic heterocycles. The highest BCUT2D eigenvalue weighted by Crippen LogP contribution is 2.08. The van der Waals surface area contributed by atoms with Gasteiger partial charge in [-0.25, -0.2) is 0 Å². The first-order chi connectivity index (χ1) is 7.24. The van der Waals surface area contributed by atoms with E-state index in [4.69, 9.17) is 0 Å². The van der Waals surface area contributed by atoms with Gasteiger partial charge in [0.15, 0.2) is 0 Å².